The molecule has 0 radical (unpaired) electrons. The number of carbonyl (C=O) groups is 1. The van der Waals surface area contributed by atoms with Gasteiger partial charge >= 0.3 is 0 Å². The lowest BCUT2D eigenvalue weighted by Crippen LogP contribution is -2.18. The third-order valence-corrected chi connectivity index (χ3v) is 2.60. The van der Waals surface area contributed by atoms with Crippen LogP contribution < -0.4 is 5.32 Å². The highest BCUT2D eigenvalue weighted by Gasteiger charge is 2.17. The number of aromatic nitrogens is 2. The number of nitro benzene ring substituents is 1. The van der Waals surface area contributed by atoms with Gasteiger partial charge in [0.2, 0.25) is 0 Å². The van der Waals surface area contributed by atoms with Crippen LogP contribution in [-0.2, 0) is 6.54 Å². The highest BCUT2D eigenvalue weighted by molar-refractivity contribution is 6.04. The van der Waals surface area contributed by atoms with Crippen molar-refractivity contribution in [3.05, 3.63) is 52.3 Å². The lowest BCUT2D eigenvalue weighted by molar-refractivity contribution is -0.383. The molecular weight excluding hydrogens is 248 g/mol. The molecule has 0 fully saturated rings. The molecule has 1 aromatic carbocycles. The van der Waals surface area contributed by atoms with E-state index in [0.29, 0.717) is 12.2 Å². The minimum absolute atomic E-state index is 0.140. The molecule has 7 nitrogen and oxygen atoms in total. The largest absolute Gasteiger partial charge is 0.315 e. The van der Waals surface area contributed by atoms with Crippen molar-refractivity contribution in [1.29, 1.82) is 0 Å². The zero-order chi connectivity index (χ0) is 13.8. The molecule has 1 heterocycles. The highest BCUT2D eigenvalue weighted by atomic mass is 16.6. The summed E-state index contributed by atoms with van der Waals surface area (Å²) in [6.45, 7) is 2.40. The highest BCUT2D eigenvalue weighted by Crippen LogP contribution is 2.23. The van der Waals surface area contributed by atoms with Crippen molar-refractivity contribution < 1.29 is 9.72 Å². The fourth-order valence-electron chi connectivity index (χ4n) is 1.70. The predicted molar refractivity (Wildman–Crippen MR) is 69.0 cm³/mol. The summed E-state index contributed by atoms with van der Waals surface area (Å²) in [4.78, 5) is 22.3. The van der Waals surface area contributed by atoms with Gasteiger partial charge in [-0.1, -0.05) is 12.1 Å². The first-order valence-corrected chi connectivity index (χ1v) is 5.70. The molecule has 0 saturated heterocycles. The number of nitrogens with zero attached hydrogens (tertiary/aromatic N) is 3. The second-order valence-electron chi connectivity index (χ2n) is 3.76. The molecule has 2 rings (SSSR count). The molecule has 19 heavy (non-hydrogen) atoms. The minimum atomic E-state index is -0.535. The maximum atomic E-state index is 12.0. The summed E-state index contributed by atoms with van der Waals surface area (Å²) in [6.07, 6.45) is 1.51. The van der Waals surface area contributed by atoms with Crippen molar-refractivity contribution in [3.8, 4) is 0 Å². The van der Waals surface area contributed by atoms with Crippen molar-refractivity contribution in [2.75, 3.05) is 5.32 Å². The Morgan fingerprint density at radius 1 is 1.42 bits per heavy atom. The van der Waals surface area contributed by atoms with E-state index in [0.717, 1.165) is 0 Å². The molecule has 0 bridgehead atoms. The van der Waals surface area contributed by atoms with Crippen LogP contribution in [-0.4, -0.2) is 20.6 Å². The lowest BCUT2D eigenvalue weighted by atomic mass is 10.2. The maximum absolute atomic E-state index is 12.0. The van der Waals surface area contributed by atoms with Gasteiger partial charge in [0, 0.05) is 18.8 Å². The number of nitrogens with one attached hydrogen (secondary N) is 1. The summed E-state index contributed by atoms with van der Waals surface area (Å²) < 4.78 is 1.52. The quantitative estimate of drug-likeness (QED) is 0.673. The van der Waals surface area contributed by atoms with Crippen molar-refractivity contribution in [2.45, 2.75) is 13.5 Å². The van der Waals surface area contributed by atoms with Crippen LogP contribution in [0, 0.1) is 10.1 Å². The predicted octanol–water partition coefficient (Wildman–Crippen LogP) is 2.06. The molecule has 0 aliphatic rings. The van der Waals surface area contributed by atoms with E-state index in [1.54, 1.807) is 18.2 Å². The zero-order valence-corrected chi connectivity index (χ0v) is 10.2. The Kier molecular flexibility index (Phi) is 3.56. The van der Waals surface area contributed by atoms with Crippen molar-refractivity contribution in [3.63, 3.8) is 0 Å². The SMILES string of the molecule is CCn1nccc1C(=O)Nc1ccccc1[N+](=O)[O-]. The first-order valence-electron chi connectivity index (χ1n) is 5.70. The normalized spacial score (nSPS) is 10.2. The number of carbonyl (C=O) groups excluding carboxylic acids is 1. The van der Waals surface area contributed by atoms with Crippen molar-refractivity contribution >= 4 is 17.3 Å². The fourth-order valence-corrected chi connectivity index (χ4v) is 1.70. The molecular formula is C12H12N4O3. The van der Waals surface area contributed by atoms with Gasteiger partial charge in [0.1, 0.15) is 11.4 Å². The van der Waals surface area contributed by atoms with Gasteiger partial charge in [0.15, 0.2) is 0 Å². The molecule has 0 saturated carbocycles. The van der Waals surface area contributed by atoms with Gasteiger partial charge in [-0.2, -0.15) is 5.10 Å². The van der Waals surface area contributed by atoms with Crippen LogP contribution >= 0.6 is 0 Å². The summed E-state index contributed by atoms with van der Waals surface area (Å²) in [5.74, 6) is -0.423. The number of hydrogen-bond donors (Lipinski definition) is 1. The number of anilines is 1. The molecule has 0 spiro atoms. The van der Waals surface area contributed by atoms with E-state index in [1.807, 2.05) is 6.92 Å². The number of para-hydroxylation sites is 2. The minimum Gasteiger partial charge on any atom is -0.315 e. The van der Waals surface area contributed by atoms with Crippen LogP contribution in [0.4, 0.5) is 11.4 Å². The summed E-state index contributed by atoms with van der Waals surface area (Å²) in [6, 6.07) is 7.56. The van der Waals surface area contributed by atoms with Gasteiger partial charge in [0.05, 0.1) is 4.92 Å². The van der Waals surface area contributed by atoms with Crippen LogP contribution in [0.3, 0.4) is 0 Å². The summed E-state index contributed by atoms with van der Waals surface area (Å²) in [5, 5.41) is 17.4. The Morgan fingerprint density at radius 3 is 2.84 bits per heavy atom. The number of nitro groups is 1. The number of amides is 1. The van der Waals surface area contributed by atoms with Gasteiger partial charge in [-0.3, -0.25) is 19.6 Å². The van der Waals surface area contributed by atoms with Gasteiger partial charge in [0.25, 0.3) is 11.6 Å². The Hall–Kier alpha value is -2.70. The van der Waals surface area contributed by atoms with E-state index in [-0.39, 0.29) is 11.4 Å². The molecule has 1 N–H and O–H groups in total. The van der Waals surface area contributed by atoms with E-state index >= 15 is 0 Å². The van der Waals surface area contributed by atoms with E-state index in [9.17, 15) is 14.9 Å². The van der Waals surface area contributed by atoms with Gasteiger partial charge in [-0.05, 0) is 19.1 Å². The molecule has 1 amide bonds. The topological polar surface area (TPSA) is 90.1 Å². The van der Waals surface area contributed by atoms with Crippen LogP contribution in [0.1, 0.15) is 17.4 Å². The first-order chi connectivity index (χ1) is 9.13. The number of rotatable bonds is 4. The van der Waals surface area contributed by atoms with Gasteiger partial charge in [-0.25, -0.2) is 0 Å². The molecule has 1 aromatic heterocycles. The van der Waals surface area contributed by atoms with E-state index in [1.165, 1.54) is 23.0 Å². The maximum Gasteiger partial charge on any atom is 0.292 e. The molecule has 0 unspecified atom stereocenters. The fraction of sp³-hybridized carbons (Fsp3) is 0.167. The average Bonchev–Trinajstić information content (AvgIpc) is 2.87. The van der Waals surface area contributed by atoms with Gasteiger partial charge < -0.3 is 5.32 Å². The summed E-state index contributed by atoms with van der Waals surface area (Å²) >= 11 is 0. The van der Waals surface area contributed by atoms with E-state index in [4.69, 9.17) is 0 Å². The molecule has 0 aliphatic carbocycles. The van der Waals surface area contributed by atoms with Crippen molar-refractivity contribution in [2.24, 2.45) is 0 Å². The third-order valence-electron chi connectivity index (χ3n) is 2.60. The van der Waals surface area contributed by atoms with Gasteiger partial charge in [-0.15, -0.1) is 0 Å². The Balaban J connectivity index is 2.27. The van der Waals surface area contributed by atoms with Crippen LogP contribution in [0.5, 0.6) is 0 Å². The Morgan fingerprint density at radius 2 is 2.16 bits per heavy atom. The smallest absolute Gasteiger partial charge is 0.292 e. The Labute approximate surface area is 109 Å². The van der Waals surface area contributed by atoms with Crippen LogP contribution in [0.15, 0.2) is 36.5 Å². The molecule has 98 valence electrons. The number of hydrogen-bond acceptors (Lipinski definition) is 4. The standard InChI is InChI=1S/C12H12N4O3/c1-2-15-11(7-8-13-15)12(17)14-9-5-3-4-6-10(9)16(18)19/h3-8H,2H2,1H3,(H,14,17). The van der Waals surface area contributed by atoms with E-state index < -0.39 is 10.8 Å². The lowest BCUT2D eigenvalue weighted by Gasteiger charge is -2.07. The third kappa shape index (κ3) is 2.59. The average molecular weight is 260 g/mol. The molecule has 0 atom stereocenters. The first kappa shape index (κ1) is 12.7. The zero-order valence-electron chi connectivity index (χ0n) is 10.2. The number of benzene rings is 1. The second kappa shape index (κ2) is 5.30. The monoisotopic (exact) mass is 260 g/mol. The summed E-state index contributed by atoms with van der Waals surface area (Å²) in [5.41, 5.74) is 0.389. The van der Waals surface area contributed by atoms with Crippen molar-refractivity contribution in [1.82, 2.24) is 9.78 Å². The second-order valence-corrected chi connectivity index (χ2v) is 3.76. The molecule has 7 heteroatoms. The molecule has 2 aromatic rings. The van der Waals surface area contributed by atoms with Crippen LogP contribution in [0.2, 0.25) is 0 Å². The summed E-state index contributed by atoms with van der Waals surface area (Å²) in [7, 11) is 0. The van der Waals surface area contributed by atoms with Crippen LogP contribution in [0.25, 0.3) is 0 Å². The Bertz CT molecular complexity index is 621. The molecule has 0 aliphatic heterocycles. The van der Waals surface area contributed by atoms with E-state index in [2.05, 4.69) is 10.4 Å². The number of aryl methyl sites for hydroxylation is 1.